The van der Waals surface area contributed by atoms with Gasteiger partial charge in [-0.3, -0.25) is 14.4 Å². The summed E-state index contributed by atoms with van der Waals surface area (Å²) in [6.45, 7) is 6.15. The summed E-state index contributed by atoms with van der Waals surface area (Å²) in [4.78, 5) is 42.6. The number of nitrogens with zero attached hydrogens (tertiary/aromatic N) is 3. The summed E-state index contributed by atoms with van der Waals surface area (Å²) >= 11 is 0. The number of carbonyl (C=O) groups is 3. The van der Waals surface area contributed by atoms with Crippen LogP contribution in [0.15, 0.2) is 24.3 Å². The first-order valence-electron chi connectivity index (χ1n) is 10.7. The number of ether oxygens (including phenoxy) is 1. The van der Waals surface area contributed by atoms with Crippen molar-refractivity contribution in [2.45, 2.75) is 26.2 Å². The van der Waals surface area contributed by atoms with Crippen molar-refractivity contribution in [2.75, 3.05) is 63.2 Å². The topological polar surface area (TPSA) is 82.2 Å². The second-order valence-corrected chi connectivity index (χ2v) is 7.92. The maximum atomic E-state index is 12.8. The van der Waals surface area contributed by atoms with Crippen LogP contribution < -0.4 is 10.2 Å². The normalized spacial score (nSPS) is 19.3. The summed E-state index contributed by atoms with van der Waals surface area (Å²) in [6.07, 6.45) is 2.02. The van der Waals surface area contributed by atoms with Crippen LogP contribution in [0, 0.1) is 5.92 Å². The average Bonchev–Trinajstić information content (AvgIpc) is 2.79. The second kappa shape index (κ2) is 10.4. The van der Waals surface area contributed by atoms with Crippen molar-refractivity contribution < 1.29 is 19.1 Å². The molecule has 2 heterocycles. The predicted molar refractivity (Wildman–Crippen MR) is 115 cm³/mol. The summed E-state index contributed by atoms with van der Waals surface area (Å²) in [6, 6.07) is 7.72. The highest BCUT2D eigenvalue weighted by Crippen LogP contribution is 2.20. The third kappa shape index (κ3) is 5.72. The Hall–Kier alpha value is -2.61. The quantitative estimate of drug-likeness (QED) is 0.761. The highest BCUT2D eigenvalue weighted by atomic mass is 16.5. The number of likely N-dealkylation sites (tertiary alicyclic amines) is 1. The Balaban J connectivity index is 1.49. The number of carbonyl (C=O) groups excluding carboxylic acids is 3. The van der Waals surface area contributed by atoms with Gasteiger partial charge in [-0.15, -0.1) is 0 Å². The lowest BCUT2D eigenvalue weighted by Crippen LogP contribution is -2.47. The maximum absolute atomic E-state index is 12.8. The van der Waals surface area contributed by atoms with E-state index in [9.17, 15) is 14.4 Å². The molecule has 1 atom stereocenters. The van der Waals surface area contributed by atoms with Gasteiger partial charge in [0.1, 0.15) is 0 Å². The number of hydrogen-bond donors (Lipinski definition) is 1. The molecule has 164 valence electrons. The molecule has 0 spiro atoms. The van der Waals surface area contributed by atoms with Crippen LogP contribution in [0.1, 0.15) is 26.2 Å². The van der Waals surface area contributed by atoms with Crippen LogP contribution in [0.5, 0.6) is 0 Å². The van der Waals surface area contributed by atoms with Crippen LogP contribution in [0.4, 0.5) is 11.4 Å². The van der Waals surface area contributed by atoms with Crippen LogP contribution in [-0.2, 0) is 19.1 Å². The van der Waals surface area contributed by atoms with E-state index in [-0.39, 0.29) is 30.2 Å². The van der Waals surface area contributed by atoms with Crippen molar-refractivity contribution in [3.8, 4) is 0 Å². The number of benzene rings is 1. The Morgan fingerprint density at radius 3 is 2.50 bits per heavy atom. The van der Waals surface area contributed by atoms with Gasteiger partial charge in [0.25, 0.3) is 0 Å². The van der Waals surface area contributed by atoms with Crippen molar-refractivity contribution in [1.82, 2.24) is 9.80 Å². The number of likely N-dealkylation sites (N-methyl/N-ethyl adjacent to an activating group) is 1. The molecule has 2 aliphatic rings. The predicted octanol–water partition coefficient (Wildman–Crippen LogP) is 1.57. The largest absolute Gasteiger partial charge is 0.378 e. The fourth-order valence-corrected chi connectivity index (χ4v) is 4.01. The van der Waals surface area contributed by atoms with E-state index in [1.165, 1.54) is 4.90 Å². The van der Waals surface area contributed by atoms with E-state index >= 15 is 0 Å². The van der Waals surface area contributed by atoms with Crippen molar-refractivity contribution in [3.63, 3.8) is 0 Å². The van der Waals surface area contributed by atoms with Crippen molar-refractivity contribution in [3.05, 3.63) is 24.3 Å². The summed E-state index contributed by atoms with van der Waals surface area (Å²) in [5, 5.41) is 2.86. The lowest BCUT2D eigenvalue weighted by Gasteiger charge is -2.33. The van der Waals surface area contributed by atoms with Crippen LogP contribution in [-0.4, -0.2) is 80.5 Å². The van der Waals surface area contributed by atoms with Gasteiger partial charge in [-0.1, -0.05) is 6.92 Å². The minimum atomic E-state index is -0.236. The van der Waals surface area contributed by atoms with Crippen LogP contribution >= 0.6 is 0 Å². The van der Waals surface area contributed by atoms with Gasteiger partial charge in [0.15, 0.2) is 0 Å². The maximum Gasteiger partial charge on any atom is 0.243 e. The highest BCUT2D eigenvalue weighted by Gasteiger charge is 2.30. The molecule has 1 aromatic rings. The number of rotatable bonds is 6. The van der Waals surface area contributed by atoms with E-state index in [1.54, 1.807) is 11.9 Å². The molecule has 1 aromatic carbocycles. The number of anilines is 2. The third-order valence-corrected chi connectivity index (χ3v) is 5.71. The Kier molecular flexibility index (Phi) is 7.68. The van der Waals surface area contributed by atoms with E-state index in [1.807, 2.05) is 31.2 Å². The molecule has 8 nitrogen and oxygen atoms in total. The van der Waals surface area contributed by atoms with E-state index < -0.39 is 0 Å². The Labute approximate surface area is 178 Å². The van der Waals surface area contributed by atoms with Crippen molar-refractivity contribution in [2.24, 2.45) is 5.92 Å². The molecular formula is C22H32N4O4. The molecule has 0 aromatic heterocycles. The number of nitrogens with one attached hydrogen (secondary N) is 1. The van der Waals surface area contributed by atoms with Crippen LogP contribution in [0.3, 0.4) is 0 Å². The average molecular weight is 417 g/mol. The monoisotopic (exact) mass is 416 g/mol. The van der Waals surface area contributed by atoms with Gasteiger partial charge in [-0.05, 0) is 37.1 Å². The van der Waals surface area contributed by atoms with Crippen LogP contribution in [0.2, 0.25) is 0 Å². The molecule has 3 amide bonds. The molecule has 8 heteroatoms. The third-order valence-electron chi connectivity index (χ3n) is 5.71. The van der Waals surface area contributed by atoms with Gasteiger partial charge in [-0.25, -0.2) is 0 Å². The van der Waals surface area contributed by atoms with Crippen molar-refractivity contribution in [1.29, 1.82) is 0 Å². The first-order valence-corrected chi connectivity index (χ1v) is 10.7. The molecule has 1 unspecified atom stereocenters. The molecule has 3 rings (SSSR count). The lowest BCUT2D eigenvalue weighted by atomic mass is 9.96. The number of piperidine rings is 1. The zero-order valence-electron chi connectivity index (χ0n) is 17.9. The van der Waals surface area contributed by atoms with E-state index in [0.29, 0.717) is 25.2 Å². The van der Waals surface area contributed by atoms with Crippen molar-refractivity contribution >= 4 is 29.1 Å². The lowest BCUT2D eigenvalue weighted by molar-refractivity contribution is -0.141. The molecule has 2 fully saturated rings. The van der Waals surface area contributed by atoms with E-state index in [2.05, 4.69) is 10.2 Å². The molecule has 0 saturated carbocycles. The molecular weight excluding hydrogens is 384 g/mol. The van der Waals surface area contributed by atoms with E-state index in [0.717, 1.165) is 44.8 Å². The van der Waals surface area contributed by atoms with Crippen LogP contribution in [0.25, 0.3) is 0 Å². The van der Waals surface area contributed by atoms with Gasteiger partial charge in [0, 0.05) is 51.0 Å². The number of morpholine rings is 1. The Bertz CT molecular complexity index is 746. The highest BCUT2D eigenvalue weighted by molar-refractivity contribution is 5.95. The summed E-state index contributed by atoms with van der Waals surface area (Å²) in [5.41, 5.74) is 1.81. The minimum Gasteiger partial charge on any atom is -0.378 e. The summed E-state index contributed by atoms with van der Waals surface area (Å²) in [5.74, 6) is -0.475. The molecule has 1 N–H and O–H groups in total. The fourth-order valence-electron chi connectivity index (χ4n) is 4.01. The minimum absolute atomic E-state index is 0.0116. The molecule has 30 heavy (non-hydrogen) atoms. The Morgan fingerprint density at radius 2 is 1.83 bits per heavy atom. The smallest absolute Gasteiger partial charge is 0.243 e. The fraction of sp³-hybridized carbons (Fsp3) is 0.591. The molecule has 0 aliphatic carbocycles. The second-order valence-electron chi connectivity index (χ2n) is 7.92. The van der Waals surface area contributed by atoms with Gasteiger partial charge >= 0.3 is 0 Å². The number of hydrogen-bond acceptors (Lipinski definition) is 5. The van der Waals surface area contributed by atoms with Gasteiger partial charge in [-0.2, -0.15) is 0 Å². The molecule has 2 saturated heterocycles. The standard InChI is InChI=1S/C22H32N4O4/c1-3-21(28)26-10-4-5-17(15-26)22(29)24(2)16-20(27)23-18-6-8-19(9-7-18)25-11-13-30-14-12-25/h6-9,17H,3-5,10-16H2,1-2H3,(H,23,27). The van der Waals surface area contributed by atoms with Gasteiger partial charge in [0.2, 0.25) is 17.7 Å². The summed E-state index contributed by atoms with van der Waals surface area (Å²) in [7, 11) is 1.64. The first-order chi connectivity index (χ1) is 14.5. The van der Waals surface area contributed by atoms with Gasteiger partial charge < -0.3 is 24.8 Å². The molecule has 0 bridgehead atoms. The van der Waals surface area contributed by atoms with E-state index in [4.69, 9.17) is 4.74 Å². The zero-order valence-corrected chi connectivity index (χ0v) is 17.9. The van der Waals surface area contributed by atoms with Gasteiger partial charge in [0.05, 0.1) is 25.7 Å². The SMILES string of the molecule is CCC(=O)N1CCCC(C(=O)N(C)CC(=O)Nc2ccc(N3CCOCC3)cc2)C1. The molecule has 2 aliphatic heterocycles. The number of amides is 3. The summed E-state index contributed by atoms with van der Waals surface area (Å²) < 4.78 is 5.37. The zero-order chi connectivity index (χ0) is 21.5. The first kappa shape index (κ1) is 22.1. The Morgan fingerprint density at radius 1 is 1.13 bits per heavy atom. The molecule has 0 radical (unpaired) electrons.